The van der Waals surface area contributed by atoms with Crippen molar-refractivity contribution in [3.05, 3.63) is 41.6 Å². The van der Waals surface area contributed by atoms with E-state index in [2.05, 4.69) is 62.0 Å². The summed E-state index contributed by atoms with van der Waals surface area (Å²) >= 11 is 0. The second kappa shape index (κ2) is 3.33. The van der Waals surface area contributed by atoms with Gasteiger partial charge in [-0.05, 0) is 32.4 Å². The number of fused-ring (bicyclic) bond motifs is 1. The van der Waals surface area contributed by atoms with Crippen molar-refractivity contribution in [3.63, 3.8) is 0 Å². The second-order valence-electron chi connectivity index (χ2n) is 3.94. The van der Waals surface area contributed by atoms with Crippen LogP contribution in [0.4, 0.5) is 0 Å². The molecule has 1 heteroatoms. The van der Waals surface area contributed by atoms with Crippen LogP contribution in [0.2, 0.25) is 0 Å². The highest BCUT2D eigenvalue weighted by atomic mass is 14.9. The molecule has 0 fully saturated rings. The van der Waals surface area contributed by atoms with Gasteiger partial charge >= 0.3 is 0 Å². The van der Waals surface area contributed by atoms with Gasteiger partial charge in [0.05, 0.1) is 5.52 Å². The number of rotatable bonds is 1. The van der Waals surface area contributed by atoms with Crippen molar-refractivity contribution in [2.75, 3.05) is 0 Å². The monoisotopic (exact) mass is 185 g/mol. The number of para-hydroxylation sites is 1. The zero-order chi connectivity index (χ0) is 10.1. The Morgan fingerprint density at radius 2 is 1.93 bits per heavy atom. The number of benzene rings is 1. The zero-order valence-corrected chi connectivity index (χ0v) is 8.91. The molecule has 0 spiro atoms. The molecule has 14 heavy (non-hydrogen) atoms. The van der Waals surface area contributed by atoms with E-state index in [1.807, 2.05) is 0 Å². The highest BCUT2D eigenvalue weighted by Crippen LogP contribution is 2.20. The van der Waals surface area contributed by atoms with Crippen molar-refractivity contribution in [1.29, 1.82) is 0 Å². The first kappa shape index (κ1) is 9.07. The van der Waals surface area contributed by atoms with Crippen molar-refractivity contribution in [2.45, 2.75) is 20.8 Å². The van der Waals surface area contributed by atoms with E-state index in [0.29, 0.717) is 0 Å². The quantitative estimate of drug-likeness (QED) is 0.636. The molecule has 0 aliphatic rings. The highest BCUT2D eigenvalue weighted by molar-refractivity contribution is 5.85. The van der Waals surface area contributed by atoms with E-state index in [0.717, 1.165) is 0 Å². The standard InChI is InChI=1S/C13H15N/c1-10(2)8-14-9-11(3)12-6-4-5-7-13(12)14/h4-9H,1-3H3. The van der Waals surface area contributed by atoms with E-state index < -0.39 is 0 Å². The SMILES string of the molecule is CC(C)=Cn1cc(C)c2ccccc21. The van der Waals surface area contributed by atoms with Crippen LogP contribution in [0.25, 0.3) is 17.1 Å². The summed E-state index contributed by atoms with van der Waals surface area (Å²) in [6.45, 7) is 6.38. The minimum atomic E-state index is 1.28. The van der Waals surface area contributed by atoms with Gasteiger partial charge in [0.15, 0.2) is 0 Å². The van der Waals surface area contributed by atoms with Gasteiger partial charge in [-0.3, -0.25) is 0 Å². The Hall–Kier alpha value is -1.50. The van der Waals surface area contributed by atoms with Gasteiger partial charge in [-0.2, -0.15) is 0 Å². The van der Waals surface area contributed by atoms with E-state index in [1.165, 1.54) is 22.0 Å². The number of hydrogen-bond acceptors (Lipinski definition) is 0. The molecule has 0 atom stereocenters. The average molecular weight is 185 g/mol. The van der Waals surface area contributed by atoms with Crippen LogP contribution in [0.3, 0.4) is 0 Å². The van der Waals surface area contributed by atoms with Gasteiger partial charge in [-0.1, -0.05) is 23.8 Å². The summed E-state index contributed by atoms with van der Waals surface area (Å²) in [5, 5.41) is 1.34. The lowest BCUT2D eigenvalue weighted by molar-refractivity contribution is 1.18. The molecule has 0 saturated carbocycles. The first-order valence-corrected chi connectivity index (χ1v) is 4.89. The van der Waals surface area contributed by atoms with Crippen LogP contribution in [0, 0.1) is 6.92 Å². The molecule has 72 valence electrons. The van der Waals surface area contributed by atoms with Gasteiger partial charge in [0, 0.05) is 17.8 Å². The lowest BCUT2D eigenvalue weighted by Crippen LogP contribution is -1.83. The average Bonchev–Trinajstić information content (AvgIpc) is 2.44. The third-order valence-corrected chi connectivity index (χ3v) is 2.34. The summed E-state index contributed by atoms with van der Waals surface area (Å²) in [6.07, 6.45) is 4.34. The Morgan fingerprint density at radius 1 is 1.21 bits per heavy atom. The highest BCUT2D eigenvalue weighted by Gasteiger charge is 2.01. The summed E-state index contributed by atoms with van der Waals surface area (Å²) in [7, 11) is 0. The molecule has 0 aliphatic carbocycles. The molecule has 2 aromatic rings. The van der Waals surface area contributed by atoms with Gasteiger partial charge in [-0.15, -0.1) is 0 Å². The van der Waals surface area contributed by atoms with Crippen molar-refractivity contribution in [3.8, 4) is 0 Å². The molecule has 0 unspecified atom stereocenters. The fourth-order valence-corrected chi connectivity index (χ4v) is 1.76. The Balaban J connectivity index is 2.73. The van der Waals surface area contributed by atoms with Gasteiger partial charge in [0.25, 0.3) is 0 Å². The van der Waals surface area contributed by atoms with E-state index in [1.54, 1.807) is 0 Å². The number of aromatic nitrogens is 1. The molecule has 0 radical (unpaired) electrons. The van der Waals surface area contributed by atoms with E-state index in [-0.39, 0.29) is 0 Å². The normalized spacial score (nSPS) is 10.5. The zero-order valence-electron chi connectivity index (χ0n) is 8.91. The third kappa shape index (κ3) is 1.46. The largest absolute Gasteiger partial charge is 0.323 e. The molecule has 0 bridgehead atoms. The van der Waals surface area contributed by atoms with Crippen LogP contribution in [0.1, 0.15) is 19.4 Å². The lowest BCUT2D eigenvalue weighted by Gasteiger charge is -1.98. The Kier molecular flexibility index (Phi) is 2.16. The number of aryl methyl sites for hydroxylation is 1. The van der Waals surface area contributed by atoms with Crippen LogP contribution in [0.5, 0.6) is 0 Å². The smallest absolute Gasteiger partial charge is 0.0525 e. The lowest BCUT2D eigenvalue weighted by atomic mass is 10.2. The summed E-state index contributed by atoms with van der Waals surface area (Å²) < 4.78 is 2.19. The van der Waals surface area contributed by atoms with Crippen LogP contribution < -0.4 is 0 Å². The minimum absolute atomic E-state index is 1.28. The minimum Gasteiger partial charge on any atom is -0.323 e. The summed E-state index contributed by atoms with van der Waals surface area (Å²) in [5.74, 6) is 0. The second-order valence-corrected chi connectivity index (χ2v) is 3.94. The first-order valence-electron chi connectivity index (χ1n) is 4.89. The Bertz CT molecular complexity index is 485. The van der Waals surface area contributed by atoms with E-state index >= 15 is 0 Å². The predicted molar refractivity (Wildman–Crippen MR) is 62.3 cm³/mol. The van der Waals surface area contributed by atoms with Gasteiger partial charge in [0.1, 0.15) is 0 Å². The molecule has 2 rings (SSSR count). The summed E-state index contributed by atoms with van der Waals surface area (Å²) in [4.78, 5) is 0. The number of nitrogens with zero attached hydrogens (tertiary/aromatic N) is 1. The van der Waals surface area contributed by atoms with Crippen LogP contribution in [-0.4, -0.2) is 4.57 Å². The molecule has 0 amide bonds. The van der Waals surface area contributed by atoms with Crippen molar-refractivity contribution < 1.29 is 0 Å². The van der Waals surface area contributed by atoms with Crippen molar-refractivity contribution in [1.82, 2.24) is 4.57 Å². The molecular weight excluding hydrogens is 170 g/mol. The van der Waals surface area contributed by atoms with Crippen LogP contribution in [0.15, 0.2) is 36.0 Å². The Morgan fingerprint density at radius 3 is 2.64 bits per heavy atom. The van der Waals surface area contributed by atoms with Crippen LogP contribution >= 0.6 is 0 Å². The van der Waals surface area contributed by atoms with E-state index in [4.69, 9.17) is 0 Å². The fourth-order valence-electron chi connectivity index (χ4n) is 1.76. The van der Waals surface area contributed by atoms with Gasteiger partial charge < -0.3 is 4.57 Å². The number of allylic oxidation sites excluding steroid dienone is 1. The maximum Gasteiger partial charge on any atom is 0.0525 e. The molecule has 0 N–H and O–H groups in total. The summed E-state index contributed by atoms with van der Waals surface area (Å²) in [6, 6.07) is 8.49. The van der Waals surface area contributed by atoms with Gasteiger partial charge in [0.2, 0.25) is 0 Å². The van der Waals surface area contributed by atoms with Gasteiger partial charge in [-0.25, -0.2) is 0 Å². The molecular formula is C13H15N. The van der Waals surface area contributed by atoms with Crippen molar-refractivity contribution >= 4 is 17.1 Å². The molecule has 1 aromatic carbocycles. The third-order valence-electron chi connectivity index (χ3n) is 2.34. The number of hydrogen-bond donors (Lipinski definition) is 0. The molecule has 1 aromatic heterocycles. The Labute approximate surface area is 84.7 Å². The van der Waals surface area contributed by atoms with Crippen molar-refractivity contribution in [2.24, 2.45) is 0 Å². The molecule has 0 saturated heterocycles. The van der Waals surface area contributed by atoms with E-state index in [9.17, 15) is 0 Å². The molecule has 1 nitrogen and oxygen atoms in total. The fraction of sp³-hybridized carbons (Fsp3) is 0.231. The topological polar surface area (TPSA) is 4.93 Å². The predicted octanol–water partition coefficient (Wildman–Crippen LogP) is 3.83. The first-order chi connectivity index (χ1) is 6.68. The van der Waals surface area contributed by atoms with Crippen LogP contribution in [-0.2, 0) is 0 Å². The molecule has 1 heterocycles. The maximum absolute atomic E-state index is 2.19. The molecule has 0 aliphatic heterocycles. The maximum atomic E-state index is 2.19. The summed E-state index contributed by atoms with van der Waals surface area (Å²) in [5.41, 5.74) is 3.93.